The molecule has 0 saturated heterocycles. The van der Waals surface area contributed by atoms with Crippen molar-refractivity contribution >= 4 is 11.5 Å². The first-order valence-electron chi connectivity index (χ1n) is 5.48. The van der Waals surface area contributed by atoms with Crippen LogP contribution in [-0.2, 0) is 5.41 Å². The Morgan fingerprint density at radius 2 is 2.12 bits per heavy atom. The summed E-state index contributed by atoms with van der Waals surface area (Å²) in [7, 11) is 0. The summed E-state index contributed by atoms with van der Waals surface area (Å²) >= 11 is 1.37. The molecule has 0 saturated carbocycles. The molecule has 5 heteroatoms. The molecule has 2 rings (SSSR count). The zero-order valence-electron chi connectivity index (χ0n) is 10.2. The van der Waals surface area contributed by atoms with E-state index in [1.54, 1.807) is 12.4 Å². The minimum atomic E-state index is -0.196. The van der Waals surface area contributed by atoms with Crippen LogP contribution in [-0.4, -0.2) is 14.6 Å². The van der Waals surface area contributed by atoms with E-state index in [0.29, 0.717) is 0 Å². The van der Waals surface area contributed by atoms with Crippen LogP contribution >= 0.6 is 11.5 Å². The van der Waals surface area contributed by atoms with Gasteiger partial charge in [0, 0.05) is 17.8 Å². The van der Waals surface area contributed by atoms with E-state index in [4.69, 9.17) is 5.73 Å². The van der Waals surface area contributed by atoms with E-state index in [1.165, 1.54) is 11.5 Å². The molecule has 2 aromatic heterocycles. The van der Waals surface area contributed by atoms with Crippen molar-refractivity contribution in [1.82, 2.24) is 14.6 Å². The molecule has 2 heterocycles. The van der Waals surface area contributed by atoms with Crippen LogP contribution in [0, 0.1) is 0 Å². The fourth-order valence-electron chi connectivity index (χ4n) is 1.63. The van der Waals surface area contributed by atoms with Crippen LogP contribution in [0.3, 0.4) is 0 Å². The van der Waals surface area contributed by atoms with Gasteiger partial charge in [0.15, 0.2) is 0 Å². The van der Waals surface area contributed by atoms with Gasteiger partial charge in [-0.3, -0.25) is 4.98 Å². The normalized spacial score (nSPS) is 13.6. The standard InChI is InChI=1S/C12H16N4S/c1-12(2,3)11-10(17-16-15-11)9(13)8-5-4-6-14-7-8/h4-7,9H,13H2,1-3H3. The third-order valence-corrected chi connectivity index (χ3v) is 3.36. The molecule has 0 amide bonds. The Labute approximate surface area is 105 Å². The van der Waals surface area contributed by atoms with Crippen LogP contribution in [0.15, 0.2) is 24.5 Å². The topological polar surface area (TPSA) is 64.7 Å². The Balaban J connectivity index is 2.39. The Morgan fingerprint density at radius 1 is 1.35 bits per heavy atom. The quantitative estimate of drug-likeness (QED) is 0.885. The number of pyridine rings is 1. The molecule has 0 aliphatic heterocycles. The lowest BCUT2D eigenvalue weighted by Gasteiger charge is -2.19. The van der Waals surface area contributed by atoms with E-state index in [0.717, 1.165) is 16.1 Å². The van der Waals surface area contributed by atoms with Crippen molar-refractivity contribution in [2.24, 2.45) is 5.73 Å². The Kier molecular flexibility index (Phi) is 3.22. The summed E-state index contributed by atoms with van der Waals surface area (Å²) < 4.78 is 4.03. The highest BCUT2D eigenvalue weighted by atomic mass is 32.1. The highest BCUT2D eigenvalue weighted by molar-refractivity contribution is 7.05. The highest BCUT2D eigenvalue weighted by Crippen LogP contribution is 2.31. The smallest absolute Gasteiger partial charge is 0.0860 e. The summed E-state index contributed by atoms with van der Waals surface area (Å²) in [5.41, 5.74) is 8.17. The molecule has 0 aliphatic carbocycles. The molecule has 0 fully saturated rings. The second kappa shape index (κ2) is 4.50. The van der Waals surface area contributed by atoms with Gasteiger partial charge >= 0.3 is 0 Å². The lowest BCUT2D eigenvalue weighted by Crippen LogP contribution is -2.19. The van der Waals surface area contributed by atoms with Gasteiger partial charge in [0.2, 0.25) is 0 Å². The van der Waals surface area contributed by atoms with E-state index in [9.17, 15) is 0 Å². The lowest BCUT2D eigenvalue weighted by atomic mass is 9.89. The number of hydrogen-bond donors (Lipinski definition) is 1. The summed E-state index contributed by atoms with van der Waals surface area (Å²) in [6.07, 6.45) is 3.53. The van der Waals surface area contributed by atoms with E-state index in [-0.39, 0.29) is 11.5 Å². The van der Waals surface area contributed by atoms with E-state index >= 15 is 0 Å². The van der Waals surface area contributed by atoms with Gasteiger partial charge in [-0.1, -0.05) is 31.3 Å². The summed E-state index contributed by atoms with van der Waals surface area (Å²) in [6.45, 7) is 6.34. The minimum Gasteiger partial charge on any atom is -0.319 e. The first-order chi connectivity index (χ1) is 8.00. The summed E-state index contributed by atoms with van der Waals surface area (Å²) in [4.78, 5) is 5.11. The molecule has 17 heavy (non-hydrogen) atoms. The van der Waals surface area contributed by atoms with Crippen molar-refractivity contribution in [3.63, 3.8) is 0 Å². The molecule has 1 atom stereocenters. The van der Waals surface area contributed by atoms with Crippen LogP contribution in [0.25, 0.3) is 0 Å². The first-order valence-corrected chi connectivity index (χ1v) is 6.25. The number of hydrogen-bond acceptors (Lipinski definition) is 5. The van der Waals surface area contributed by atoms with E-state index < -0.39 is 0 Å². The van der Waals surface area contributed by atoms with Gasteiger partial charge in [0.25, 0.3) is 0 Å². The second-order valence-corrected chi connectivity index (χ2v) is 5.79. The molecule has 90 valence electrons. The van der Waals surface area contributed by atoms with Gasteiger partial charge in [0.05, 0.1) is 16.6 Å². The van der Waals surface area contributed by atoms with Crippen molar-refractivity contribution in [3.05, 3.63) is 40.7 Å². The molecule has 0 aromatic carbocycles. The summed E-state index contributed by atoms with van der Waals surface area (Å²) in [5.74, 6) is 0. The van der Waals surface area contributed by atoms with Crippen molar-refractivity contribution in [1.29, 1.82) is 0 Å². The minimum absolute atomic E-state index is 0.0395. The predicted molar refractivity (Wildman–Crippen MR) is 68.9 cm³/mol. The van der Waals surface area contributed by atoms with E-state index in [2.05, 4.69) is 35.3 Å². The average Bonchev–Trinajstić information content (AvgIpc) is 2.78. The monoisotopic (exact) mass is 248 g/mol. The molecule has 0 spiro atoms. The molecule has 0 aliphatic rings. The third-order valence-electron chi connectivity index (χ3n) is 2.55. The van der Waals surface area contributed by atoms with Crippen molar-refractivity contribution in [2.75, 3.05) is 0 Å². The van der Waals surface area contributed by atoms with Crippen molar-refractivity contribution in [3.8, 4) is 0 Å². The molecule has 4 nitrogen and oxygen atoms in total. The average molecular weight is 248 g/mol. The molecular weight excluding hydrogens is 232 g/mol. The van der Waals surface area contributed by atoms with Gasteiger partial charge in [-0.15, -0.1) is 5.10 Å². The number of nitrogens with zero attached hydrogens (tertiary/aromatic N) is 3. The van der Waals surface area contributed by atoms with Crippen LogP contribution in [0.5, 0.6) is 0 Å². The number of rotatable bonds is 2. The van der Waals surface area contributed by atoms with Gasteiger partial charge in [-0.05, 0) is 23.2 Å². The summed E-state index contributed by atoms with van der Waals surface area (Å²) in [5, 5.41) is 4.20. The maximum atomic E-state index is 6.25. The van der Waals surface area contributed by atoms with Gasteiger partial charge in [-0.25, -0.2) is 0 Å². The Bertz CT molecular complexity index is 487. The van der Waals surface area contributed by atoms with Crippen LogP contribution < -0.4 is 5.73 Å². The fraction of sp³-hybridized carbons (Fsp3) is 0.417. The number of nitrogens with two attached hydrogens (primary N) is 1. The zero-order valence-corrected chi connectivity index (χ0v) is 11.0. The van der Waals surface area contributed by atoms with Gasteiger partial charge in [-0.2, -0.15) is 0 Å². The maximum absolute atomic E-state index is 6.25. The molecular formula is C12H16N4S. The predicted octanol–water partition coefficient (Wildman–Crippen LogP) is 2.28. The first kappa shape index (κ1) is 12.1. The molecule has 2 aromatic rings. The van der Waals surface area contributed by atoms with Gasteiger partial charge in [0.1, 0.15) is 0 Å². The van der Waals surface area contributed by atoms with Gasteiger partial charge < -0.3 is 5.73 Å². The van der Waals surface area contributed by atoms with Crippen LogP contribution in [0.4, 0.5) is 0 Å². The fourth-order valence-corrected chi connectivity index (χ4v) is 2.53. The zero-order chi connectivity index (χ0) is 12.5. The number of aromatic nitrogens is 3. The Morgan fingerprint density at radius 3 is 2.71 bits per heavy atom. The van der Waals surface area contributed by atoms with Crippen LogP contribution in [0.2, 0.25) is 0 Å². The molecule has 1 unspecified atom stereocenters. The second-order valence-electron chi connectivity index (χ2n) is 5.00. The van der Waals surface area contributed by atoms with E-state index in [1.807, 2.05) is 12.1 Å². The lowest BCUT2D eigenvalue weighted by molar-refractivity contribution is 0.556. The SMILES string of the molecule is CC(C)(C)c1nnsc1C(N)c1cccnc1. The maximum Gasteiger partial charge on any atom is 0.0860 e. The molecule has 0 bridgehead atoms. The van der Waals surface area contributed by atoms with Crippen LogP contribution in [0.1, 0.15) is 42.9 Å². The third kappa shape index (κ3) is 2.50. The summed E-state index contributed by atoms with van der Waals surface area (Å²) in [6, 6.07) is 3.67. The Hall–Kier alpha value is -1.33. The molecule has 2 N–H and O–H groups in total. The molecule has 0 radical (unpaired) electrons. The largest absolute Gasteiger partial charge is 0.319 e. The highest BCUT2D eigenvalue weighted by Gasteiger charge is 2.26. The van der Waals surface area contributed by atoms with Crippen molar-refractivity contribution < 1.29 is 0 Å². The van der Waals surface area contributed by atoms with Crippen molar-refractivity contribution in [2.45, 2.75) is 32.2 Å².